The van der Waals surface area contributed by atoms with Crippen LogP contribution in [0.5, 0.6) is 0 Å². The first-order valence-electron chi connectivity index (χ1n) is 6.09. The van der Waals surface area contributed by atoms with Crippen LogP contribution in [0.3, 0.4) is 0 Å². The molecule has 0 spiro atoms. The van der Waals surface area contributed by atoms with E-state index in [0.717, 1.165) is 12.1 Å². The molecule has 0 radical (unpaired) electrons. The second-order valence-corrected chi connectivity index (χ2v) is 5.63. The Hall–Kier alpha value is -1.74. The first kappa shape index (κ1) is 16.3. The van der Waals surface area contributed by atoms with Crippen molar-refractivity contribution in [2.75, 3.05) is 11.9 Å². The molecule has 0 aromatic heterocycles. The van der Waals surface area contributed by atoms with Crippen LogP contribution in [0.25, 0.3) is 0 Å². The average Bonchev–Trinajstić information content (AvgIpc) is 2.33. The van der Waals surface area contributed by atoms with Crippen molar-refractivity contribution < 1.29 is 18.3 Å². The van der Waals surface area contributed by atoms with E-state index in [1.54, 1.807) is 0 Å². The number of nitriles is 1. The second-order valence-electron chi connectivity index (χ2n) is 5.63. The van der Waals surface area contributed by atoms with Gasteiger partial charge in [-0.1, -0.05) is 20.8 Å². The number of halogens is 3. The van der Waals surface area contributed by atoms with Crippen LogP contribution in [-0.2, 0) is 6.18 Å². The van der Waals surface area contributed by atoms with Gasteiger partial charge in [0, 0.05) is 12.2 Å². The molecule has 1 atom stereocenters. The van der Waals surface area contributed by atoms with Crippen molar-refractivity contribution in [1.29, 1.82) is 5.26 Å². The molecule has 0 aliphatic heterocycles. The summed E-state index contributed by atoms with van der Waals surface area (Å²) in [5, 5.41) is 21.3. The van der Waals surface area contributed by atoms with Gasteiger partial charge in [0.1, 0.15) is 0 Å². The van der Waals surface area contributed by atoms with E-state index in [9.17, 15) is 18.3 Å². The average molecular weight is 286 g/mol. The Kier molecular flexibility index (Phi) is 4.66. The molecule has 3 nitrogen and oxygen atoms in total. The molecule has 0 saturated carbocycles. The van der Waals surface area contributed by atoms with Crippen molar-refractivity contribution in [1.82, 2.24) is 0 Å². The maximum absolute atomic E-state index is 12.8. The lowest BCUT2D eigenvalue weighted by atomic mass is 9.89. The first-order valence-corrected chi connectivity index (χ1v) is 6.09. The number of anilines is 1. The van der Waals surface area contributed by atoms with Gasteiger partial charge in [-0.25, -0.2) is 0 Å². The molecule has 0 amide bonds. The monoisotopic (exact) mass is 286 g/mol. The third kappa shape index (κ3) is 4.14. The van der Waals surface area contributed by atoms with E-state index in [4.69, 9.17) is 5.26 Å². The summed E-state index contributed by atoms with van der Waals surface area (Å²) in [4.78, 5) is 0. The summed E-state index contributed by atoms with van der Waals surface area (Å²) in [5.41, 5.74) is -1.54. The number of nitrogens with one attached hydrogen (secondary N) is 1. The van der Waals surface area contributed by atoms with Gasteiger partial charge in [0.15, 0.2) is 0 Å². The molecular weight excluding hydrogens is 269 g/mol. The van der Waals surface area contributed by atoms with Crippen LogP contribution in [0, 0.1) is 16.7 Å². The minimum atomic E-state index is -4.58. The molecule has 0 aliphatic rings. The maximum atomic E-state index is 12.8. The van der Waals surface area contributed by atoms with Crippen LogP contribution >= 0.6 is 0 Å². The Morgan fingerprint density at radius 1 is 1.30 bits per heavy atom. The summed E-state index contributed by atoms with van der Waals surface area (Å²) < 4.78 is 38.3. The summed E-state index contributed by atoms with van der Waals surface area (Å²) in [5.74, 6) is 0. The SMILES string of the molecule is CC(C)(C)C(O)CNc1ccc(C#N)c(C(F)(F)F)c1. The van der Waals surface area contributed by atoms with Gasteiger partial charge in [0.2, 0.25) is 0 Å². The zero-order valence-electron chi connectivity index (χ0n) is 11.5. The quantitative estimate of drug-likeness (QED) is 0.895. The number of aliphatic hydroxyl groups excluding tert-OH is 1. The minimum Gasteiger partial charge on any atom is -0.391 e. The van der Waals surface area contributed by atoms with Gasteiger partial charge in [0.05, 0.1) is 23.3 Å². The molecule has 110 valence electrons. The number of aliphatic hydroxyl groups is 1. The molecule has 0 fully saturated rings. The predicted molar refractivity (Wildman–Crippen MR) is 70.1 cm³/mol. The summed E-state index contributed by atoms with van der Waals surface area (Å²) in [6, 6.07) is 4.92. The second kappa shape index (κ2) is 5.71. The van der Waals surface area contributed by atoms with Gasteiger partial charge >= 0.3 is 6.18 Å². The van der Waals surface area contributed by atoms with Crippen molar-refractivity contribution in [2.24, 2.45) is 5.41 Å². The fourth-order valence-corrected chi connectivity index (χ4v) is 1.51. The number of hydrogen-bond donors (Lipinski definition) is 2. The number of alkyl halides is 3. The van der Waals surface area contributed by atoms with Crippen molar-refractivity contribution in [2.45, 2.75) is 33.1 Å². The smallest absolute Gasteiger partial charge is 0.391 e. The topological polar surface area (TPSA) is 56.0 Å². The van der Waals surface area contributed by atoms with Crippen LogP contribution in [0.2, 0.25) is 0 Å². The number of benzene rings is 1. The highest BCUT2D eigenvalue weighted by Crippen LogP contribution is 2.33. The molecular formula is C14H17F3N2O. The molecule has 1 rings (SSSR count). The lowest BCUT2D eigenvalue weighted by Crippen LogP contribution is -2.32. The van der Waals surface area contributed by atoms with Gasteiger partial charge in [-0.15, -0.1) is 0 Å². The van der Waals surface area contributed by atoms with E-state index in [0.29, 0.717) is 0 Å². The van der Waals surface area contributed by atoms with Crippen LogP contribution in [0.15, 0.2) is 18.2 Å². The predicted octanol–water partition coefficient (Wildman–Crippen LogP) is 3.40. The first-order chi connectivity index (χ1) is 9.05. The van der Waals surface area contributed by atoms with E-state index < -0.39 is 23.4 Å². The maximum Gasteiger partial charge on any atom is 0.417 e. The lowest BCUT2D eigenvalue weighted by Gasteiger charge is -2.26. The molecule has 1 unspecified atom stereocenters. The lowest BCUT2D eigenvalue weighted by molar-refractivity contribution is -0.137. The number of hydrogen-bond acceptors (Lipinski definition) is 3. The Balaban J connectivity index is 2.92. The molecule has 1 aromatic carbocycles. The van der Waals surface area contributed by atoms with E-state index in [1.165, 1.54) is 12.1 Å². The molecule has 2 N–H and O–H groups in total. The molecule has 20 heavy (non-hydrogen) atoms. The normalized spacial score (nSPS) is 13.7. The highest BCUT2D eigenvalue weighted by molar-refractivity contribution is 5.53. The zero-order chi connectivity index (χ0) is 15.6. The van der Waals surface area contributed by atoms with Crippen LogP contribution in [0.1, 0.15) is 31.9 Å². The van der Waals surface area contributed by atoms with E-state index in [2.05, 4.69) is 5.32 Å². The fourth-order valence-electron chi connectivity index (χ4n) is 1.51. The molecule has 0 aliphatic carbocycles. The third-order valence-electron chi connectivity index (χ3n) is 2.94. The molecule has 6 heteroatoms. The van der Waals surface area contributed by atoms with Crippen molar-refractivity contribution in [3.63, 3.8) is 0 Å². The van der Waals surface area contributed by atoms with Crippen LogP contribution in [-0.4, -0.2) is 17.8 Å². The van der Waals surface area contributed by atoms with Crippen molar-refractivity contribution >= 4 is 5.69 Å². The van der Waals surface area contributed by atoms with Gasteiger partial charge in [-0.05, 0) is 23.6 Å². The van der Waals surface area contributed by atoms with Crippen LogP contribution in [0.4, 0.5) is 18.9 Å². The van der Waals surface area contributed by atoms with E-state index >= 15 is 0 Å². The third-order valence-corrected chi connectivity index (χ3v) is 2.94. The molecule has 0 saturated heterocycles. The highest BCUT2D eigenvalue weighted by Gasteiger charge is 2.34. The van der Waals surface area contributed by atoms with Gasteiger partial charge in [-0.3, -0.25) is 0 Å². The minimum absolute atomic E-state index is 0.132. The van der Waals surface area contributed by atoms with Crippen molar-refractivity contribution in [3.8, 4) is 6.07 Å². The van der Waals surface area contributed by atoms with Gasteiger partial charge in [0.25, 0.3) is 0 Å². The largest absolute Gasteiger partial charge is 0.417 e. The zero-order valence-corrected chi connectivity index (χ0v) is 11.5. The van der Waals surface area contributed by atoms with E-state index in [1.807, 2.05) is 20.8 Å². The summed E-state index contributed by atoms with van der Waals surface area (Å²) >= 11 is 0. The number of rotatable bonds is 3. The Morgan fingerprint density at radius 2 is 1.90 bits per heavy atom. The Morgan fingerprint density at radius 3 is 2.35 bits per heavy atom. The van der Waals surface area contributed by atoms with Gasteiger partial charge < -0.3 is 10.4 Å². The molecule has 1 aromatic rings. The van der Waals surface area contributed by atoms with E-state index in [-0.39, 0.29) is 17.6 Å². The summed E-state index contributed by atoms with van der Waals surface area (Å²) in [6.07, 6.45) is -5.28. The number of nitrogens with zero attached hydrogens (tertiary/aromatic N) is 1. The van der Waals surface area contributed by atoms with Crippen molar-refractivity contribution in [3.05, 3.63) is 29.3 Å². The summed E-state index contributed by atoms with van der Waals surface area (Å²) in [7, 11) is 0. The Labute approximate surface area is 116 Å². The van der Waals surface area contributed by atoms with Crippen LogP contribution < -0.4 is 5.32 Å². The standard InChI is InChI=1S/C14H17F3N2O/c1-13(2,3)12(20)8-19-10-5-4-9(7-18)11(6-10)14(15,16)17/h4-6,12,19-20H,8H2,1-3H3. The highest BCUT2D eigenvalue weighted by atomic mass is 19.4. The molecule has 0 heterocycles. The Bertz CT molecular complexity index is 513. The summed E-state index contributed by atoms with van der Waals surface area (Å²) in [6.45, 7) is 5.63. The fraction of sp³-hybridized carbons (Fsp3) is 0.500. The van der Waals surface area contributed by atoms with Gasteiger partial charge in [-0.2, -0.15) is 18.4 Å². The molecule has 0 bridgehead atoms.